The summed E-state index contributed by atoms with van der Waals surface area (Å²) in [6.45, 7) is 5.34. The number of nitrogens with one attached hydrogen (secondary N) is 1. The summed E-state index contributed by atoms with van der Waals surface area (Å²) in [5.41, 5.74) is 1.53. The summed E-state index contributed by atoms with van der Waals surface area (Å²) in [6, 6.07) is 9.14. The lowest BCUT2D eigenvalue weighted by Crippen LogP contribution is -2.34. The highest BCUT2D eigenvalue weighted by Gasteiger charge is 2.40. The largest absolute Gasteiger partial charge is 0.461 e. The molecule has 1 unspecified atom stereocenters. The summed E-state index contributed by atoms with van der Waals surface area (Å²) in [5.74, 6) is -2.12. The monoisotopic (exact) mass is 486 g/mol. The van der Waals surface area contributed by atoms with E-state index in [0.29, 0.717) is 26.5 Å². The van der Waals surface area contributed by atoms with Crippen LogP contribution < -0.4 is 5.32 Å². The molecule has 1 aromatic carbocycles. The third kappa shape index (κ3) is 5.65. The van der Waals surface area contributed by atoms with Crippen molar-refractivity contribution in [2.24, 2.45) is 10.9 Å². The van der Waals surface area contributed by atoms with Crippen molar-refractivity contribution in [3.63, 3.8) is 0 Å². The third-order valence-electron chi connectivity index (χ3n) is 4.57. The molecule has 2 heterocycles. The average Bonchev–Trinajstić information content (AvgIpc) is 3.29. The van der Waals surface area contributed by atoms with Gasteiger partial charge in [-0.05, 0) is 24.6 Å². The topological polar surface area (TPSA) is 104 Å². The quantitative estimate of drug-likeness (QED) is 0.424. The van der Waals surface area contributed by atoms with Gasteiger partial charge in [0.15, 0.2) is 5.13 Å². The number of halogens is 1. The van der Waals surface area contributed by atoms with Crippen molar-refractivity contribution in [3.8, 4) is 6.07 Å². The number of nitrogens with zero attached hydrogens (tertiary/aromatic N) is 3. The summed E-state index contributed by atoms with van der Waals surface area (Å²) < 4.78 is 5.29. The first kappa shape index (κ1) is 23.7. The number of hydrogen-bond donors (Lipinski definition) is 1. The number of aliphatic imine (C=N–C) groups is 1. The van der Waals surface area contributed by atoms with Crippen LogP contribution in [0.15, 0.2) is 64.1 Å². The Labute approximate surface area is 198 Å². The van der Waals surface area contributed by atoms with E-state index in [1.807, 2.05) is 0 Å². The SMILES string of the molecule is C=CCOC(=O)C1C(C)=NC(SCC(=O)Nc2nccs2)=C(C#N)[C@H]1c1ccc(Cl)cc1. The molecule has 0 fully saturated rings. The molecule has 0 aliphatic carbocycles. The van der Waals surface area contributed by atoms with E-state index in [1.165, 1.54) is 17.4 Å². The van der Waals surface area contributed by atoms with E-state index >= 15 is 0 Å². The third-order valence-corrected chi connectivity index (χ3v) is 6.50. The molecule has 2 atom stereocenters. The van der Waals surface area contributed by atoms with Gasteiger partial charge >= 0.3 is 5.97 Å². The second-order valence-corrected chi connectivity index (χ2v) is 8.98. The summed E-state index contributed by atoms with van der Waals surface area (Å²) in [7, 11) is 0. The molecule has 1 amide bonds. The number of ether oxygens (including phenoxy) is 1. The summed E-state index contributed by atoms with van der Waals surface area (Å²) in [5, 5.41) is 15.9. The van der Waals surface area contributed by atoms with Crippen molar-refractivity contribution < 1.29 is 14.3 Å². The van der Waals surface area contributed by atoms with Crippen LogP contribution in [0.2, 0.25) is 5.02 Å². The average molecular weight is 487 g/mol. The molecule has 0 saturated carbocycles. The number of thioether (sulfide) groups is 1. The molecular weight excluding hydrogens is 468 g/mol. The number of carbonyl (C=O) groups excluding carboxylic acids is 2. The summed E-state index contributed by atoms with van der Waals surface area (Å²) in [4.78, 5) is 33.7. The van der Waals surface area contributed by atoms with E-state index in [1.54, 1.807) is 42.8 Å². The van der Waals surface area contributed by atoms with Crippen LogP contribution in [0.25, 0.3) is 0 Å². The van der Waals surface area contributed by atoms with E-state index < -0.39 is 17.8 Å². The molecule has 0 saturated heterocycles. The second-order valence-electron chi connectivity index (χ2n) is 6.68. The van der Waals surface area contributed by atoms with Crippen LogP contribution in [0.4, 0.5) is 5.13 Å². The molecule has 32 heavy (non-hydrogen) atoms. The maximum atomic E-state index is 12.8. The van der Waals surface area contributed by atoms with Gasteiger partial charge in [0.05, 0.1) is 17.4 Å². The number of carbonyl (C=O) groups is 2. The van der Waals surface area contributed by atoms with Crippen LogP contribution in [-0.4, -0.2) is 34.9 Å². The Morgan fingerprint density at radius 2 is 2.16 bits per heavy atom. The molecule has 164 valence electrons. The molecule has 1 aromatic heterocycles. The Bertz CT molecular complexity index is 1110. The predicted molar refractivity (Wildman–Crippen MR) is 128 cm³/mol. The first-order chi connectivity index (χ1) is 15.4. The Morgan fingerprint density at radius 3 is 2.78 bits per heavy atom. The van der Waals surface area contributed by atoms with Gasteiger partial charge in [0.1, 0.15) is 17.6 Å². The van der Waals surface area contributed by atoms with Gasteiger partial charge in [0, 0.05) is 28.2 Å². The van der Waals surface area contributed by atoms with Crippen LogP contribution in [0.3, 0.4) is 0 Å². The fourth-order valence-corrected chi connectivity index (χ4v) is 4.75. The molecule has 10 heteroatoms. The van der Waals surface area contributed by atoms with Crippen LogP contribution in [0.1, 0.15) is 18.4 Å². The minimum atomic E-state index is -0.778. The second kappa shape index (κ2) is 11.1. The maximum absolute atomic E-state index is 12.8. The number of rotatable bonds is 8. The van der Waals surface area contributed by atoms with Crippen molar-refractivity contribution in [1.29, 1.82) is 5.26 Å². The maximum Gasteiger partial charge on any atom is 0.315 e. The van der Waals surface area contributed by atoms with E-state index in [2.05, 4.69) is 27.9 Å². The number of anilines is 1. The van der Waals surface area contributed by atoms with Gasteiger partial charge in [0.25, 0.3) is 0 Å². The van der Waals surface area contributed by atoms with E-state index in [4.69, 9.17) is 16.3 Å². The van der Waals surface area contributed by atoms with Gasteiger partial charge in [0.2, 0.25) is 5.91 Å². The van der Waals surface area contributed by atoms with E-state index in [0.717, 1.165) is 17.3 Å². The molecule has 1 aliphatic rings. The van der Waals surface area contributed by atoms with Crippen molar-refractivity contribution in [3.05, 3.63) is 69.7 Å². The number of hydrogen-bond acceptors (Lipinski definition) is 8. The summed E-state index contributed by atoms with van der Waals surface area (Å²) in [6.07, 6.45) is 3.08. The molecule has 2 aromatic rings. The number of benzene rings is 1. The van der Waals surface area contributed by atoms with Crippen LogP contribution in [0, 0.1) is 17.2 Å². The molecule has 0 bridgehead atoms. The molecule has 3 rings (SSSR count). The number of nitriles is 1. The van der Waals surface area contributed by atoms with Gasteiger partial charge in [-0.25, -0.2) is 9.98 Å². The molecular formula is C22H19ClN4O3S2. The van der Waals surface area contributed by atoms with Gasteiger partial charge in [-0.2, -0.15) is 5.26 Å². The number of aromatic nitrogens is 1. The standard InChI is InChI=1S/C22H19ClN4O3S2/c1-3-9-30-21(29)18-13(2)26-20(32-12-17(28)27-22-25-8-10-31-22)16(11-24)19(18)14-4-6-15(23)7-5-14/h3-8,10,18-19H,1,9,12H2,2H3,(H,25,27,28)/t18?,19-/m1/s1. The molecule has 1 aliphatic heterocycles. The van der Waals surface area contributed by atoms with E-state index in [9.17, 15) is 14.9 Å². The van der Waals surface area contributed by atoms with Crippen molar-refractivity contribution in [2.75, 3.05) is 17.7 Å². The Balaban J connectivity index is 1.92. The van der Waals surface area contributed by atoms with Crippen molar-refractivity contribution in [1.82, 2.24) is 4.98 Å². The lowest BCUT2D eigenvalue weighted by Gasteiger charge is -2.30. The number of thiazole rings is 1. The Kier molecular flexibility index (Phi) is 8.22. The van der Waals surface area contributed by atoms with Gasteiger partial charge < -0.3 is 10.1 Å². The lowest BCUT2D eigenvalue weighted by atomic mass is 9.77. The van der Waals surface area contributed by atoms with Gasteiger partial charge in [-0.3, -0.25) is 9.59 Å². The first-order valence-electron chi connectivity index (χ1n) is 9.49. The van der Waals surface area contributed by atoms with E-state index in [-0.39, 0.29) is 18.3 Å². The highest BCUT2D eigenvalue weighted by Crippen LogP contribution is 2.42. The van der Waals surface area contributed by atoms with Crippen molar-refractivity contribution >= 4 is 57.4 Å². The van der Waals surface area contributed by atoms with Gasteiger partial charge in [-0.1, -0.05) is 48.2 Å². The Morgan fingerprint density at radius 1 is 1.41 bits per heavy atom. The van der Waals surface area contributed by atoms with Crippen molar-refractivity contribution in [2.45, 2.75) is 12.8 Å². The lowest BCUT2D eigenvalue weighted by molar-refractivity contribution is -0.145. The number of amides is 1. The molecule has 0 radical (unpaired) electrons. The normalized spacial score (nSPS) is 17.8. The fourth-order valence-electron chi connectivity index (χ4n) is 3.20. The van der Waals surface area contributed by atoms with Crippen LogP contribution in [0.5, 0.6) is 0 Å². The first-order valence-corrected chi connectivity index (χ1v) is 11.7. The molecule has 0 spiro atoms. The highest BCUT2D eigenvalue weighted by atomic mass is 35.5. The Hall–Kier alpha value is -2.93. The zero-order chi connectivity index (χ0) is 23.1. The minimum absolute atomic E-state index is 0.0375. The highest BCUT2D eigenvalue weighted by molar-refractivity contribution is 8.03. The molecule has 7 nitrogen and oxygen atoms in total. The number of allylic oxidation sites excluding steroid dienone is 1. The van der Waals surface area contributed by atoms with Crippen LogP contribution in [-0.2, 0) is 14.3 Å². The predicted octanol–water partition coefficient (Wildman–Crippen LogP) is 4.81. The number of esters is 1. The van der Waals surface area contributed by atoms with Gasteiger partial charge in [-0.15, -0.1) is 11.3 Å². The smallest absolute Gasteiger partial charge is 0.315 e. The minimum Gasteiger partial charge on any atom is -0.461 e. The molecule has 1 N–H and O–H groups in total. The van der Waals surface area contributed by atoms with Crippen LogP contribution >= 0.6 is 34.7 Å². The zero-order valence-corrected chi connectivity index (χ0v) is 19.5. The fraction of sp³-hybridized carbons (Fsp3) is 0.227. The summed E-state index contributed by atoms with van der Waals surface area (Å²) >= 11 is 8.48. The zero-order valence-electron chi connectivity index (χ0n) is 17.1.